The number of amides is 2. The Hall–Kier alpha value is -2.90. The van der Waals surface area contributed by atoms with Crippen LogP contribution in [0.15, 0.2) is 35.1 Å². The van der Waals surface area contributed by atoms with Gasteiger partial charge in [0.15, 0.2) is 5.76 Å². The summed E-state index contributed by atoms with van der Waals surface area (Å²) < 4.78 is 10.1. The van der Waals surface area contributed by atoms with E-state index >= 15 is 0 Å². The number of methoxy groups -OCH3 is 1. The smallest absolute Gasteiger partial charge is 0.410 e. The summed E-state index contributed by atoms with van der Waals surface area (Å²) in [5, 5.41) is 4.03. The lowest BCUT2D eigenvalue weighted by Crippen LogP contribution is -2.52. The average molecular weight is 358 g/mol. The van der Waals surface area contributed by atoms with Crippen LogP contribution in [0, 0.1) is 0 Å². The number of pyridine rings is 1. The molecule has 1 aliphatic rings. The second-order valence-corrected chi connectivity index (χ2v) is 6.29. The largest absolute Gasteiger partial charge is 0.453 e. The van der Waals surface area contributed by atoms with Crippen molar-refractivity contribution in [3.8, 4) is 11.3 Å². The Labute approximate surface area is 151 Å². The first-order valence-electron chi connectivity index (χ1n) is 8.55. The number of carbonyl (C=O) groups is 2. The van der Waals surface area contributed by atoms with E-state index in [0.717, 1.165) is 18.4 Å². The predicted molar refractivity (Wildman–Crippen MR) is 93.0 cm³/mol. The van der Waals surface area contributed by atoms with E-state index in [4.69, 9.17) is 9.26 Å². The molecule has 2 aromatic heterocycles. The first kappa shape index (κ1) is 17.9. The number of carbonyl (C=O) groups excluding carboxylic acids is 2. The Balaban J connectivity index is 1.67. The minimum Gasteiger partial charge on any atom is -0.453 e. The molecule has 26 heavy (non-hydrogen) atoms. The molecule has 1 aliphatic heterocycles. The molecule has 0 spiro atoms. The van der Waals surface area contributed by atoms with Gasteiger partial charge in [0, 0.05) is 37.6 Å². The second-order valence-electron chi connectivity index (χ2n) is 6.29. The highest BCUT2D eigenvalue weighted by Crippen LogP contribution is 2.22. The van der Waals surface area contributed by atoms with Gasteiger partial charge in [0.25, 0.3) is 0 Å². The van der Waals surface area contributed by atoms with Crippen LogP contribution in [0.5, 0.6) is 0 Å². The van der Waals surface area contributed by atoms with Gasteiger partial charge in [0.1, 0.15) is 11.7 Å². The highest BCUT2D eigenvalue weighted by Gasteiger charge is 2.34. The fraction of sp³-hybridized carbons (Fsp3) is 0.444. The molecule has 0 unspecified atom stereocenters. The van der Waals surface area contributed by atoms with Crippen LogP contribution >= 0.6 is 0 Å². The fourth-order valence-corrected chi connectivity index (χ4v) is 3.13. The molecular formula is C18H22N4O4. The minimum absolute atomic E-state index is 0.130. The molecule has 1 fully saturated rings. The summed E-state index contributed by atoms with van der Waals surface area (Å²) in [6.07, 6.45) is 5.34. The number of aromatic nitrogens is 2. The molecule has 0 radical (unpaired) electrons. The van der Waals surface area contributed by atoms with Gasteiger partial charge in [-0.1, -0.05) is 5.16 Å². The number of likely N-dealkylation sites (N-methyl/N-ethyl adjacent to an activating group) is 1. The van der Waals surface area contributed by atoms with Gasteiger partial charge in [0.2, 0.25) is 5.91 Å². The van der Waals surface area contributed by atoms with E-state index in [1.165, 1.54) is 12.0 Å². The maximum atomic E-state index is 12.8. The molecule has 0 bridgehead atoms. The number of likely N-dealkylation sites (tertiary alicyclic amines) is 1. The Morgan fingerprint density at radius 1 is 1.42 bits per heavy atom. The van der Waals surface area contributed by atoms with E-state index in [-0.39, 0.29) is 12.5 Å². The van der Waals surface area contributed by atoms with Crippen LogP contribution in [0.2, 0.25) is 0 Å². The second kappa shape index (κ2) is 7.99. The zero-order valence-corrected chi connectivity index (χ0v) is 14.9. The third-order valence-corrected chi connectivity index (χ3v) is 4.48. The van der Waals surface area contributed by atoms with E-state index in [1.54, 1.807) is 30.4 Å². The van der Waals surface area contributed by atoms with Crippen molar-refractivity contribution in [1.82, 2.24) is 19.9 Å². The molecule has 3 heterocycles. The summed E-state index contributed by atoms with van der Waals surface area (Å²) in [6.45, 7) is 0.808. The Bertz CT molecular complexity index is 762. The summed E-state index contributed by atoms with van der Waals surface area (Å²) in [6, 6.07) is 5.01. The summed E-state index contributed by atoms with van der Waals surface area (Å²) in [4.78, 5) is 31.9. The lowest BCUT2D eigenvalue weighted by molar-refractivity contribution is -0.137. The van der Waals surface area contributed by atoms with Crippen molar-refractivity contribution < 1.29 is 18.8 Å². The normalized spacial score (nSPS) is 17.0. The predicted octanol–water partition coefficient (Wildman–Crippen LogP) is 2.32. The van der Waals surface area contributed by atoms with Crippen LogP contribution in [0.25, 0.3) is 11.3 Å². The van der Waals surface area contributed by atoms with Crippen LogP contribution in [0.1, 0.15) is 25.0 Å². The SMILES string of the molecule is COC(=O)N1CCCC[C@H]1C(=O)N(C)Cc1cc(-c2cccnc2)no1. The van der Waals surface area contributed by atoms with Gasteiger partial charge in [-0.3, -0.25) is 14.7 Å². The molecule has 0 saturated carbocycles. The summed E-state index contributed by atoms with van der Waals surface area (Å²) in [7, 11) is 3.02. The minimum atomic E-state index is -0.498. The lowest BCUT2D eigenvalue weighted by atomic mass is 10.0. The number of nitrogens with zero attached hydrogens (tertiary/aromatic N) is 4. The monoisotopic (exact) mass is 358 g/mol. The van der Waals surface area contributed by atoms with Crippen molar-refractivity contribution in [2.24, 2.45) is 0 Å². The first-order chi connectivity index (χ1) is 12.6. The number of rotatable bonds is 4. The highest BCUT2D eigenvalue weighted by atomic mass is 16.5. The van der Waals surface area contributed by atoms with Crippen molar-refractivity contribution >= 4 is 12.0 Å². The van der Waals surface area contributed by atoms with Gasteiger partial charge in [0.05, 0.1) is 13.7 Å². The molecule has 0 aliphatic carbocycles. The molecule has 8 heteroatoms. The van der Waals surface area contributed by atoms with Gasteiger partial charge < -0.3 is 14.2 Å². The summed E-state index contributed by atoms with van der Waals surface area (Å²) in [5.74, 6) is 0.439. The Morgan fingerprint density at radius 3 is 3.00 bits per heavy atom. The summed E-state index contributed by atoms with van der Waals surface area (Å²) >= 11 is 0. The maximum Gasteiger partial charge on any atom is 0.410 e. The topological polar surface area (TPSA) is 88.8 Å². The van der Waals surface area contributed by atoms with Crippen molar-refractivity contribution in [1.29, 1.82) is 0 Å². The van der Waals surface area contributed by atoms with E-state index < -0.39 is 12.1 Å². The van der Waals surface area contributed by atoms with Gasteiger partial charge in [-0.2, -0.15) is 0 Å². The first-order valence-corrected chi connectivity index (χ1v) is 8.55. The third-order valence-electron chi connectivity index (χ3n) is 4.48. The van der Waals surface area contributed by atoms with Gasteiger partial charge in [-0.15, -0.1) is 0 Å². The van der Waals surface area contributed by atoms with Crippen molar-refractivity contribution in [2.75, 3.05) is 20.7 Å². The molecule has 1 atom stereocenters. The van der Waals surface area contributed by atoms with Crippen LogP contribution in [0.3, 0.4) is 0 Å². The van der Waals surface area contributed by atoms with Crippen LogP contribution in [-0.2, 0) is 16.1 Å². The van der Waals surface area contributed by atoms with E-state index in [0.29, 0.717) is 24.4 Å². The third kappa shape index (κ3) is 3.84. The quantitative estimate of drug-likeness (QED) is 0.833. The standard InChI is InChI=1S/C18H22N4O4/c1-21(17(23)16-7-3-4-9-22(16)18(24)25-2)12-14-10-15(20-26-14)13-6-5-8-19-11-13/h5-6,8,10-11,16H,3-4,7,9,12H2,1-2H3/t16-/m0/s1. The highest BCUT2D eigenvalue weighted by molar-refractivity contribution is 5.85. The Kier molecular flexibility index (Phi) is 5.50. The van der Waals surface area contributed by atoms with Crippen molar-refractivity contribution in [2.45, 2.75) is 31.8 Å². The van der Waals surface area contributed by atoms with E-state index in [2.05, 4.69) is 10.1 Å². The molecule has 8 nitrogen and oxygen atoms in total. The molecule has 0 N–H and O–H groups in total. The Morgan fingerprint density at radius 2 is 2.27 bits per heavy atom. The van der Waals surface area contributed by atoms with Crippen LogP contribution in [-0.4, -0.2) is 58.7 Å². The van der Waals surface area contributed by atoms with Crippen LogP contribution in [0.4, 0.5) is 4.79 Å². The average Bonchev–Trinajstić information content (AvgIpc) is 3.16. The van der Waals surface area contributed by atoms with Gasteiger partial charge >= 0.3 is 6.09 Å². The number of ether oxygens (including phenoxy) is 1. The number of piperidine rings is 1. The molecule has 2 amide bonds. The van der Waals surface area contributed by atoms with E-state index in [1.807, 2.05) is 12.1 Å². The number of hydrogen-bond donors (Lipinski definition) is 0. The lowest BCUT2D eigenvalue weighted by Gasteiger charge is -2.35. The fourth-order valence-electron chi connectivity index (χ4n) is 3.13. The molecule has 2 aromatic rings. The molecular weight excluding hydrogens is 336 g/mol. The number of hydrogen-bond acceptors (Lipinski definition) is 6. The van der Waals surface area contributed by atoms with Crippen LogP contribution < -0.4 is 0 Å². The molecule has 3 rings (SSSR count). The molecule has 1 saturated heterocycles. The zero-order valence-electron chi connectivity index (χ0n) is 14.9. The van der Waals surface area contributed by atoms with Gasteiger partial charge in [-0.25, -0.2) is 4.79 Å². The van der Waals surface area contributed by atoms with Crippen molar-refractivity contribution in [3.05, 3.63) is 36.4 Å². The van der Waals surface area contributed by atoms with Gasteiger partial charge in [-0.05, 0) is 31.4 Å². The summed E-state index contributed by atoms with van der Waals surface area (Å²) in [5.41, 5.74) is 1.52. The molecule has 0 aromatic carbocycles. The molecule has 138 valence electrons. The zero-order chi connectivity index (χ0) is 18.5. The van der Waals surface area contributed by atoms with E-state index in [9.17, 15) is 9.59 Å². The van der Waals surface area contributed by atoms with Crippen molar-refractivity contribution in [3.63, 3.8) is 0 Å². The maximum absolute atomic E-state index is 12.8.